The maximum absolute atomic E-state index is 12.6. The summed E-state index contributed by atoms with van der Waals surface area (Å²) in [5.74, 6) is -0.0254. The Balaban J connectivity index is 1.82. The van der Waals surface area contributed by atoms with Gasteiger partial charge in [0.2, 0.25) is 5.82 Å². The van der Waals surface area contributed by atoms with Crippen molar-refractivity contribution in [2.24, 2.45) is 0 Å². The Bertz CT molecular complexity index is 1090. The second kappa shape index (κ2) is 6.81. The monoisotopic (exact) mass is 365 g/mol. The van der Waals surface area contributed by atoms with Gasteiger partial charge in [-0.25, -0.2) is 4.98 Å². The number of pyridine rings is 1. The molecule has 3 aromatic rings. The van der Waals surface area contributed by atoms with Crippen LogP contribution < -0.4 is 10.9 Å². The zero-order chi connectivity index (χ0) is 19.0. The van der Waals surface area contributed by atoms with E-state index < -0.39 is 16.2 Å². The van der Waals surface area contributed by atoms with Crippen LogP contribution in [-0.4, -0.2) is 32.3 Å². The normalized spacial score (nSPS) is 14.1. The predicted octanol–water partition coefficient (Wildman–Crippen LogP) is 2.72. The predicted molar refractivity (Wildman–Crippen MR) is 102 cm³/mol. The first-order valence-corrected chi connectivity index (χ1v) is 8.84. The Morgan fingerprint density at radius 1 is 1.26 bits per heavy atom. The summed E-state index contributed by atoms with van der Waals surface area (Å²) in [6.07, 6.45) is 2.32. The Morgan fingerprint density at radius 2 is 2.11 bits per heavy atom. The van der Waals surface area contributed by atoms with Crippen LogP contribution in [0.5, 0.6) is 0 Å². The number of nitrogens with one attached hydrogen (secondary N) is 1. The smallest absolute Gasteiger partial charge is 0.334 e. The van der Waals surface area contributed by atoms with E-state index in [0.29, 0.717) is 5.65 Å². The third kappa shape index (κ3) is 3.04. The summed E-state index contributed by atoms with van der Waals surface area (Å²) < 4.78 is 1.18. The topological polar surface area (TPSA) is 92.8 Å². The molecular formula is C19H19N5O3. The molecule has 0 saturated heterocycles. The molecule has 0 bridgehead atoms. The van der Waals surface area contributed by atoms with Crippen molar-refractivity contribution in [2.45, 2.75) is 19.9 Å². The molecule has 1 aromatic carbocycles. The number of fused-ring (bicyclic) bond motifs is 2. The number of benzene rings is 1. The molecule has 4 rings (SSSR count). The SMILES string of the molecule is CCN1CCc2c(cccc2Nc2nc3ccccn3c(=O)c2[N+](=O)[O-])C1. The van der Waals surface area contributed by atoms with Gasteiger partial charge in [-0.3, -0.25) is 24.2 Å². The van der Waals surface area contributed by atoms with Crippen LogP contribution in [0.1, 0.15) is 18.1 Å². The van der Waals surface area contributed by atoms with E-state index in [2.05, 4.69) is 28.2 Å². The van der Waals surface area contributed by atoms with Gasteiger partial charge in [0.05, 0.1) is 4.92 Å². The zero-order valence-corrected chi connectivity index (χ0v) is 14.9. The molecule has 138 valence electrons. The summed E-state index contributed by atoms with van der Waals surface area (Å²) in [7, 11) is 0. The van der Waals surface area contributed by atoms with Gasteiger partial charge in [-0.15, -0.1) is 0 Å². The van der Waals surface area contributed by atoms with Crippen molar-refractivity contribution in [3.8, 4) is 0 Å². The van der Waals surface area contributed by atoms with Gasteiger partial charge in [-0.1, -0.05) is 25.1 Å². The number of hydrogen-bond donors (Lipinski definition) is 1. The molecule has 3 heterocycles. The Morgan fingerprint density at radius 3 is 2.89 bits per heavy atom. The highest BCUT2D eigenvalue weighted by atomic mass is 16.6. The molecule has 8 nitrogen and oxygen atoms in total. The fourth-order valence-corrected chi connectivity index (χ4v) is 3.51. The van der Waals surface area contributed by atoms with Crippen molar-refractivity contribution < 1.29 is 4.92 Å². The minimum Gasteiger partial charge on any atom is -0.334 e. The van der Waals surface area contributed by atoms with Crippen molar-refractivity contribution in [3.05, 3.63) is 74.2 Å². The van der Waals surface area contributed by atoms with Crippen molar-refractivity contribution in [2.75, 3.05) is 18.4 Å². The maximum Gasteiger partial charge on any atom is 0.376 e. The standard InChI is InChI=1S/C19H19N5O3/c1-2-22-11-9-14-13(12-22)6-5-7-15(14)20-18-17(24(26)27)19(25)23-10-4-3-8-16(23)21-18/h3-8,10,20H,2,9,11-12H2,1H3. The van der Waals surface area contributed by atoms with E-state index in [4.69, 9.17) is 0 Å². The number of hydrogen-bond acceptors (Lipinski definition) is 6. The molecule has 0 amide bonds. The van der Waals surface area contributed by atoms with E-state index in [0.717, 1.165) is 37.3 Å². The lowest BCUT2D eigenvalue weighted by atomic mass is 9.97. The number of anilines is 2. The molecule has 8 heteroatoms. The molecule has 0 atom stereocenters. The Hall–Kier alpha value is -3.26. The lowest BCUT2D eigenvalue weighted by molar-refractivity contribution is -0.385. The molecule has 0 saturated carbocycles. The lowest BCUT2D eigenvalue weighted by Crippen LogP contribution is -2.30. The van der Waals surface area contributed by atoms with Crippen LogP contribution >= 0.6 is 0 Å². The number of nitrogens with zero attached hydrogens (tertiary/aromatic N) is 4. The van der Waals surface area contributed by atoms with Crippen LogP contribution in [-0.2, 0) is 13.0 Å². The van der Waals surface area contributed by atoms with Crippen LogP contribution in [0, 0.1) is 10.1 Å². The van der Waals surface area contributed by atoms with Crippen molar-refractivity contribution >= 4 is 22.8 Å². The van der Waals surface area contributed by atoms with Gasteiger partial charge >= 0.3 is 11.2 Å². The molecule has 1 N–H and O–H groups in total. The molecular weight excluding hydrogens is 346 g/mol. The second-order valence-corrected chi connectivity index (χ2v) is 6.49. The summed E-state index contributed by atoms with van der Waals surface area (Å²) >= 11 is 0. The third-order valence-electron chi connectivity index (χ3n) is 4.94. The molecule has 0 aliphatic carbocycles. The van der Waals surface area contributed by atoms with Crippen molar-refractivity contribution in [1.29, 1.82) is 0 Å². The number of likely N-dealkylation sites (N-methyl/N-ethyl adjacent to an activating group) is 1. The molecule has 0 unspecified atom stereocenters. The minimum absolute atomic E-state index is 0.0254. The van der Waals surface area contributed by atoms with Gasteiger partial charge < -0.3 is 5.32 Å². The fraction of sp³-hybridized carbons (Fsp3) is 0.263. The molecule has 27 heavy (non-hydrogen) atoms. The first-order chi connectivity index (χ1) is 13.1. The highest BCUT2D eigenvalue weighted by Gasteiger charge is 2.25. The van der Waals surface area contributed by atoms with Crippen LogP contribution in [0.2, 0.25) is 0 Å². The fourth-order valence-electron chi connectivity index (χ4n) is 3.51. The first kappa shape index (κ1) is 17.2. The van der Waals surface area contributed by atoms with Crippen molar-refractivity contribution in [3.63, 3.8) is 0 Å². The third-order valence-corrected chi connectivity index (χ3v) is 4.94. The first-order valence-electron chi connectivity index (χ1n) is 8.84. The highest BCUT2D eigenvalue weighted by Crippen LogP contribution is 2.30. The van der Waals surface area contributed by atoms with Gasteiger partial charge in [0.1, 0.15) is 5.65 Å². The molecule has 1 aliphatic rings. The molecule has 0 radical (unpaired) electrons. The average Bonchev–Trinajstić information content (AvgIpc) is 2.67. The van der Waals surface area contributed by atoms with Gasteiger partial charge in [0.15, 0.2) is 0 Å². The maximum atomic E-state index is 12.6. The molecule has 0 spiro atoms. The number of rotatable bonds is 4. The number of nitro groups is 1. The largest absolute Gasteiger partial charge is 0.376 e. The average molecular weight is 365 g/mol. The van der Waals surface area contributed by atoms with Crippen LogP contribution in [0.25, 0.3) is 5.65 Å². The second-order valence-electron chi connectivity index (χ2n) is 6.49. The van der Waals surface area contributed by atoms with Gasteiger partial charge in [0.25, 0.3) is 0 Å². The lowest BCUT2D eigenvalue weighted by Gasteiger charge is -2.29. The molecule has 0 fully saturated rings. The summed E-state index contributed by atoms with van der Waals surface area (Å²) in [6.45, 7) is 4.88. The number of aromatic nitrogens is 2. The van der Waals surface area contributed by atoms with E-state index in [1.54, 1.807) is 18.2 Å². The summed E-state index contributed by atoms with van der Waals surface area (Å²) in [4.78, 5) is 30.1. The highest BCUT2D eigenvalue weighted by molar-refractivity contribution is 5.70. The summed E-state index contributed by atoms with van der Waals surface area (Å²) in [6, 6.07) is 10.9. The summed E-state index contributed by atoms with van der Waals surface area (Å²) in [5.41, 5.74) is 2.17. The van der Waals surface area contributed by atoms with Gasteiger partial charge in [-0.2, -0.15) is 0 Å². The van der Waals surface area contributed by atoms with E-state index in [-0.39, 0.29) is 5.82 Å². The van der Waals surface area contributed by atoms with Gasteiger partial charge in [0, 0.05) is 25.0 Å². The molecule has 2 aromatic heterocycles. The minimum atomic E-state index is -0.699. The zero-order valence-electron chi connectivity index (χ0n) is 14.9. The van der Waals surface area contributed by atoms with E-state index in [1.165, 1.54) is 16.2 Å². The van der Waals surface area contributed by atoms with Crippen LogP contribution in [0.15, 0.2) is 47.4 Å². The Labute approximate surface area is 155 Å². The summed E-state index contributed by atoms with van der Waals surface area (Å²) in [5, 5.41) is 14.6. The van der Waals surface area contributed by atoms with Crippen LogP contribution in [0.4, 0.5) is 17.2 Å². The Kier molecular flexibility index (Phi) is 4.33. The molecule has 1 aliphatic heterocycles. The van der Waals surface area contributed by atoms with Crippen molar-refractivity contribution in [1.82, 2.24) is 14.3 Å². The van der Waals surface area contributed by atoms with E-state index in [1.807, 2.05) is 12.1 Å². The van der Waals surface area contributed by atoms with E-state index in [9.17, 15) is 14.9 Å². The van der Waals surface area contributed by atoms with Gasteiger partial charge in [-0.05, 0) is 42.3 Å². The quantitative estimate of drug-likeness (QED) is 0.564. The van der Waals surface area contributed by atoms with Crippen LogP contribution in [0.3, 0.4) is 0 Å². The van der Waals surface area contributed by atoms with E-state index >= 15 is 0 Å².